The minimum atomic E-state index is 0.160. The van der Waals surface area contributed by atoms with Crippen LogP contribution in [0, 0.1) is 5.92 Å². The molecule has 2 unspecified atom stereocenters. The van der Waals surface area contributed by atoms with Crippen molar-refractivity contribution >= 4 is 21.8 Å². The van der Waals surface area contributed by atoms with E-state index in [0.29, 0.717) is 12.0 Å². The van der Waals surface area contributed by atoms with Gasteiger partial charge in [-0.25, -0.2) is 0 Å². The lowest BCUT2D eigenvalue weighted by Crippen LogP contribution is -2.49. The van der Waals surface area contributed by atoms with E-state index in [2.05, 4.69) is 27.4 Å². The van der Waals surface area contributed by atoms with Crippen LogP contribution in [0.2, 0.25) is 0 Å². The van der Waals surface area contributed by atoms with Gasteiger partial charge in [-0.15, -0.1) is 0 Å². The molecule has 1 aliphatic carbocycles. The number of carbonyl (C=O) groups is 1. The van der Waals surface area contributed by atoms with Crippen molar-refractivity contribution in [2.45, 2.75) is 44.7 Å². The van der Waals surface area contributed by atoms with Crippen LogP contribution >= 0.6 is 15.9 Å². The van der Waals surface area contributed by atoms with E-state index >= 15 is 0 Å². The van der Waals surface area contributed by atoms with Crippen LogP contribution in [0.5, 0.6) is 0 Å². The van der Waals surface area contributed by atoms with Gasteiger partial charge in [-0.3, -0.25) is 4.79 Å². The molecular formula is C15H22BrN3O. The Morgan fingerprint density at radius 2 is 2.20 bits per heavy atom. The summed E-state index contributed by atoms with van der Waals surface area (Å²) in [4.78, 5) is 14.8. The molecule has 20 heavy (non-hydrogen) atoms. The molecule has 0 spiro atoms. The number of nitrogens with zero attached hydrogens (tertiary/aromatic N) is 2. The Hall–Kier alpha value is -0.810. The zero-order valence-electron chi connectivity index (χ0n) is 11.9. The number of rotatable bonds is 3. The monoisotopic (exact) mass is 339 g/mol. The van der Waals surface area contributed by atoms with E-state index in [1.165, 1.54) is 12.8 Å². The average molecular weight is 340 g/mol. The molecule has 2 aliphatic rings. The quantitative estimate of drug-likeness (QED) is 0.920. The van der Waals surface area contributed by atoms with E-state index in [1.54, 1.807) is 0 Å². The molecule has 0 aromatic carbocycles. The van der Waals surface area contributed by atoms with E-state index < -0.39 is 0 Å². The van der Waals surface area contributed by atoms with Gasteiger partial charge in [0.1, 0.15) is 5.69 Å². The van der Waals surface area contributed by atoms with Gasteiger partial charge in [0.2, 0.25) is 0 Å². The normalized spacial score (nSPS) is 26.9. The third-order valence-corrected chi connectivity index (χ3v) is 5.01. The van der Waals surface area contributed by atoms with Gasteiger partial charge in [-0.05, 0) is 47.2 Å². The van der Waals surface area contributed by atoms with E-state index in [4.69, 9.17) is 5.73 Å². The lowest BCUT2D eigenvalue weighted by molar-refractivity contribution is 0.0638. The molecule has 1 saturated carbocycles. The standard InChI is InChI=1S/C15H22BrN3O/c1-2-10-8-18(6-5-13(10)17)15(20)14-7-11(16)9-19(14)12-3-4-12/h7,9-10,12-13H,2-6,8,17H2,1H3. The molecule has 1 aliphatic heterocycles. The predicted molar refractivity (Wildman–Crippen MR) is 82.7 cm³/mol. The third-order valence-electron chi connectivity index (χ3n) is 4.58. The SMILES string of the molecule is CCC1CN(C(=O)c2cc(Br)cn2C2CC2)CCC1N. The summed E-state index contributed by atoms with van der Waals surface area (Å²) in [5.74, 6) is 0.591. The fourth-order valence-electron chi connectivity index (χ4n) is 3.10. The maximum absolute atomic E-state index is 12.8. The molecule has 0 radical (unpaired) electrons. The Labute approximate surface area is 128 Å². The highest BCUT2D eigenvalue weighted by atomic mass is 79.9. The van der Waals surface area contributed by atoms with Crippen molar-refractivity contribution in [3.63, 3.8) is 0 Å². The second kappa shape index (κ2) is 5.53. The average Bonchev–Trinajstić information content (AvgIpc) is 3.21. The highest BCUT2D eigenvalue weighted by molar-refractivity contribution is 9.10. The number of nitrogens with two attached hydrogens (primary N) is 1. The predicted octanol–water partition coefficient (Wildman–Crippen LogP) is 2.78. The number of hydrogen-bond donors (Lipinski definition) is 1. The molecule has 2 fully saturated rings. The number of piperidine rings is 1. The van der Waals surface area contributed by atoms with Crippen LogP contribution < -0.4 is 5.73 Å². The smallest absolute Gasteiger partial charge is 0.270 e. The Bertz CT molecular complexity index is 509. The van der Waals surface area contributed by atoms with Crippen molar-refractivity contribution < 1.29 is 4.79 Å². The third kappa shape index (κ3) is 2.66. The van der Waals surface area contributed by atoms with Crippen LogP contribution in [-0.4, -0.2) is 34.5 Å². The second-order valence-electron chi connectivity index (χ2n) is 6.05. The number of likely N-dealkylation sites (tertiary alicyclic amines) is 1. The van der Waals surface area contributed by atoms with E-state index in [9.17, 15) is 4.79 Å². The van der Waals surface area contributed by atoms with Crippen LogP contribution in [0.15, 0.2) is 16.7 Å². The summed E-state index contributed by atoms with van der Waals surface area (Å²) in [5.41, 5.74) is 6.96. The van der Waals surface area contributed by atoms with Crippen molar-refractivity contribution in [3.8, 4) is 0 Å². The Morgan fingerprint density at radius 3 is 2.85 bits per heavy atom. The lowest BCUT2D eigenvalue weighted by atomic mass is 9.90. The molecule has 1 saturated heterocycles. The largest absolute Gasteiger partial charge is 0.339 e. The summed E-state index contributed by atoms with van der Waals surface area (Å²) in [7, 11) is 0. The lowest BCUT2D eigenvalue weighted by Gasteiger charge is -2.36. The van der Waals surface area contributed by atoms with Gasteiger partial charge >= 0.3 is 0 Å². The van der Waals surface area contributed by atoms with Crippen LogP contribution in [0.1, 0.15) is 49.1 Å². The summed E-state index contributed by atoms with van der Waals surface area (Å²) in [6, 6.07) is 2.72. The second-order valence-corrected chi connectivity index (χ2v) is 6.97. The van der Waals surface area contributed by atoms with Gasteiger partial charge in [0.15, 0.2) is 0 Å². The summed E-state index contributed by atoms with van der Waals surface area (Å²) < 4.78 is 3.13. The summed E-state index contributed by atoms with van der Waals surface area (Å²) in [5, 5.41) is 0. The number of amides is 1. The molecular weight excluding hydrogens is 318 g/mol. The zero-order valence-corrected chi connectivity index (χ0v) is 13.5. The Balaban J connectivity index is 1.78. The molecule has 1 amide bonds. The maximum atomic E-state index is 12.8. The van der Waals surface area contributed by atoms with Gasteiger partial charge in [-0.1, -0.05) is 13.3 Å². The zero-order chi connectivity index (χ0) is 14.3. The van der Waals surface area contributed by atoms with Crippen molar-refractivity contribution in [1.29, 1.82) is 0 Å². The van der Waals surface area contributed by atoms with Gasteiger partial charge in [0.05, 0.1) is 0 Å². The summed E-state index contributed by atoms with van der Waals surface area (Å²) >= 11 is 3.49. The summed E-state index contributed by atoms with van der Waals surface area (Å²) in [6.45, 7) is 3.73. The summed E-state index contributed by atoms with van der Waals surface area (Å²) in [6.07, 6.45) is 6.36. The molecule has 2 N–H and O–H groups in total. The first kappa shape index (κ1) is 14.1. The highest BCUT2D eigenvalue weighted by Gasteiger charge is 2.32. The van der Waals surface area contributed by atoms with Crippen LogP contribution in [0.4, 0.5) is 0 Å². The number of aromatic nitrogens is 1. The molecule has 4 nitrogen and oxygen atoms in total. The van der Waals surface area contributed by atoms with Crippen molar-refractivity contribution in [1.82, 2.24) is 9.47 Å². The Morgan fingerprint density at radius 1 is 1.45 bits per heavy atom. The molecule has 1 aromatic rings. The van der Waals surface area contributed by atoms with E-state index in [0.717, 1.165) is 36.1 Å². The minimum Gasteiger partial charge on any atom is -0.339 e. The van der Waals surface area contributed by atoms with E-state index in [-0.39, 0.29) is 11.9 Å². The molecule has 110 valence electrons. The number of hydrogen-bond acceptors (Lipinski definition) is 2. The molecule has 0 bridgehead atoms. The fraction of sp³-hybridized carbons (Fsp3) is 0.667. The van der Waals surface area contributed by atoms with E-state index in [1.807, 2.05) is 17.2 Å². The topological polar surface area (TPSA) is 51.3 Å². The molecule has 2 heterocycles. The first-order valence-electron chi connectivity index (χ1n) is 7.52. The van der Waals surface area contributed by atoms with Crippen molar-refractivity contribution in [2.24, 2.45) is 11.7 Å². The van der Waals surface area contributed by atoms with Crippen LogP contribution in [0.25, 0.3) is 0 Å². The molecule has 2 atom stereocenters. The molecule has 1 aromatic heterocycles. The van der Waals surface area contributed by atoms with Crippen LogP contribution in [0.3, 0.4) is 0 Å². The number of carbonyl (C=O) groups excluding carboxylic acids is 1. The fourth-order valence-corrected chi connectivity index (χ4v) is 3.54. The van der Waals surface area contributed by atoms with Gasteiger partial charge in [0, 0.05) is 35.8 Å². The van der Waals surface area contributed by atoms with Gasteiger partial charge in [-0.2, -0.15) is 0 Å². The highest BCUT2D eigenvalue weighted by Crippen LogP contribution is 2.38. The minimum absolute atomic E-state index is 0.160. The van der Waals surface area contributed by atoms with Crippen molar-refractivity contribution in [3.05, 3.63) is 22.4 Å². The molecule has 5 heteroatoms. The van der Waals surface area contributed by atoms with Crippen molar-refractivity contribution in [2.75, 3.05) is 13.1 Å². The van der Waals surface area contributed by atoms with Gasteiger partial charge < -0.3 is 15.2 Å². The number of halogens is 1. The van der Waals surface area contributed by atoms with Crippen LogP contribution in [-0.2, 0) is 0 Å². The first-order chi connectivity index (χ1) is 9.60. The van der Waals surface area contributed by atoms with Gasteiger partial charge in [0.25, 0.3) is 5.91 Å². The Kier molecular flexibility index (Phi) is 3.91. The molecule has 3 rings (SSSR count). The maximum Gasteiger partial charge on any atom is 0.270 e. The first-order valence-corrected chi connectivity index (χ1v) is 8.31.